The molecule has 1 heterocycles. The number of esters is 1. The van der Waals surface area contributed by atoms with Crippen LogP contribution in [0.25, 0.3) is 0 Å². The number of primary amides is 1. The number of hydrogen-bond acceptors (Lipinski definition) is 5. The van der Waals surface area contributed by atoms with Crippen LogP contribution in [-0.2, 0) is 19.1 Å². The third kappa shape index (κ3) is 4.09. The monoisotopic (exact) mass is 333 g/mol. The number of aryl methyl sites for hydroxylation is 1. The summed E-state index contributed by atoms with van der Waals surface area (Å²) in [5.41, 5.74) is 6.61. The van der Waals surface area contributed by atoms with E-state index in [1.807, 2.05) is 36.5 Å². The Labute approximate surface area is 138 Å². The topological polar surface area (TPSA) is 119 Å². The van der Waals surface area contributed by atoms with Gasteiger partial charge in [0.1, 0.15) is 0 Å². The number of nitrogens with zero attached hydrogens (tertiary/aromatic N) is 1. The van der Waals surface area contributed by atoms with Gasteiger partial charge in [0.2, 0.25) is 5.91 Å². The molecule has 0 unspecified atom stereocenters. The lowest BCUT2D eigenvalue weighted by atomic mass is 10.1. The molecule has 0 bridgehead atoms. The second kappa shape index (κ2) is 7.12. The standard InChI is InChI=1S/C16H19N3O5/c1-9-3-5-12(6-4-9)19-8-11(7-13(19)20)15(22)24-10(2)14(21)18-16(17)23/h3-6,10-11H,7-8H2,1-2H3,(H3,17,18,21,23)/t10-,11-/m0/s1. The molecule has 1 aromatic rings. The van der Waals surface area contributed by atoms with E-state index < -0.39 is 29.9 Å². The maximum atomic E-state index is 12.1. The second-order valence-corrected chi connectivity index (χ2v) is 5.67. The molecule has 1 fully saturated rings. The Morgan fingerprint density at radius 3 is 2.50 bits per heavy atom. The zero-order valence-electron chi connectivity index (χ0n) is 13.4. The zero-order valence-corrected chi connectivity index (χ0v) is 13.4. The quantitative estimate of drug-likeness (QED) is 0.777. The number of rotatable bonds is 4. The number of carbonyl (C=O) groups excluding carboxylic acids is 4. The van der Waals surface area contributed by atoms with Gasteiger partial charge in [-0.25, -0.2) is 4.79 Å². The van der Waals surface area contributed by atoms with E-state index in [1.54, 1.807) is 0 Å². The van der Waals surface area contributed by atoms with Crippen LogP contribution in [0.1, 0.15) is 18.9 Å². The van der Waals surface area contributed by atoms with E-state index in [4.69, 9.17) is 10.5 Å². The number of nitrogens with one attached hydrogen (secondary N) is 1. The van der Waals surface area contributed by atoms with Gasteiger partial charge in [-0.15, -0.1) is 0 Å². The Morgan fingerprint density at radius 1 is 1.29 bits per heavy atom. The third-order valence-corrected chi connectivity index (χ3v) is 3.71. The first-order valence-electron chi connectivity index (χ1n) is 7.45. The minimum absolute atomic E-state index is 0.0108. The molecule has 1 aliphatic rings. The Hall–Kier alpha value is -2.90. The van der Waals surface area contributed by atoms with Crippen molar-refractivity contribution >= 4 is 29.5 Å². The molecule has 0 aliphatic carbocycles. The van der Waals surface area contributed by atoms with Crippen LogP contribution < -0.4 is 16.0 Å². The van der Waals surface area contributed by atoms with Crippen molar-refractivity contribution in [3.05, 3.63) is 29.8 Å². The van der Waals surface area contributed by atoms with Crippen LogP contribution in [0.4, 0.5) is 10.5 Å². The summed E-state index contributed by atoms with van der Waals surface area (Å²) in [7, 11) is 0. The van der Waals surface area contributed by atoms with E-state index in [0.717, 1.165) is 5.56 Å². The first-order chi connectivity index (χ1) is 11.3. The number of hydrogen-bond donors (Lipinski definition) is 2. The van der Waals surface area contributed by atoms with Crippen LogP contribution in [0.3, 0.4) is 0 Å². The van der Waals surface area contributed by atoms with Gasteiger partial charge in [-0.3, -0.25) is 19.7 Å². The Bertz CT molecular complexity index is 671. The van der Waals surface area contributed by atoms with Crippen LogP contribution in [0.2, 0.25) is 0 Å². The average molecular weight is 333 g/mol. The number of nitrogens with two attached hydrogens (primary N) is 1. The van der Waals surface area contributed by atoms with Gasteiger partial charge in [-0.05, 0) is 26.0 Å². The highest BCUT2D eigenvalue weighted by atomic mass is 16.5. The smallest absolute Gasteiger partial charge is 0.318 e. The van der Waals surface area contributed by atoms with Crippen molar-refractivity contribution in [2.45, 2.75) is 26.4 Å². The Morgan fingerprint density at radius 2 is 1.92 bits per heavy atom. The minimum Gasteiger partial charge on any atom is -0.452 e. The number of benzene rings is 1. The average Bonchev–Trinajstić information content (AvgIpc) is 2.89. The molecule has 1 aliphatic heterocycles. The number of imide groups is 1. The van der Waals surface area contributed by atoms with Crippen molar-refractivity contribution in [3.63, 3.8) is 0 Å². The lowest BCUT2D eigenvalue weighted by Crippen LogP contribution is -2.42. The van der Waals surface area contributed by atoms with Gasteiger partial charge in [0, 0.05) is 18.7 Å². The van der Waals surface area contributed by atoms with Gasteiger partial charge in [-0.2, -0.15) is 0 Å². The predicted octanol–water partition coefficient (Wildman–Crippen LogP) is 0.475. The molecule has 3 N–H and O–H groups in total. The van der Waals surface area contributed by atoms with Crippen molar-refractivity contribution in [2.24, 2.45) is 11.7 Å². The van der Waals surface area contributed by atoms with Crippen molar-refractivity contribution in [2.75, 3.05) is 11.4 Å². The van der Waals surface area contributed by atoms with E-state index in [2.05, 4.69) is 0 Å². The molecule has 0 saturated carbocycles. The number of amides is 4. The molecule has 8 nitrogen and oxygen atoms in total. The number of urea groups is 1. The lowest BCUT2D eigenvalue weighted by Gasteiger charge is -2.17. The van der Waals surface area contributed by atoms with Crippen LogP contribution in [0, 0.1) is 12.8 Å². The highest BCUT2D eigenvalue weighted by molar-refractivity contribution is 6.00. The van der Waals surface area contributed by atoms with Gasteiger partial charge in [0.15, 0.2) is 6.10 Å². The fraction of sp³-hybridized carbons (Fsp3) is 0.375. The Balaban J connectivity index is 1.97. The van der Waals surface area contributed by atoms with Crippen LogP contribution >= 0.6 is 0 Å². The second-order valence-electron chi connectivity index (χ2n) is 5.67. The molecule has 0 radical (unpaired) electrons. The molecular weight excluding hydrogens is 314 g/mol. The fourth-order valence-electron chi connectivity index (χ4n) is 2.39. The van der Waals surface area contributed by atoms with Crippen LogP contribution in [0.5, 0.6) is 0 Å². The molecule has 128 valence electrons. The molecule has 2 rings (SSSR count). The normalized spacial score (nSPS) is 18.2. The lowest BCUT2D eigenvalue weighted by molar-refractivity contribution is -0.158. The van der Waals surface area contributed by atoms with Crippen LogP contribution in [-0.4, -0.2) is 36.5 Å². The molecule has 1 aromatic carbocycles. The van der Waals surface area contributed by atoms with Crippen molar-refractivity contribution in [1.29, 1.82) is 0 Å². The largest absolute Gasteiger partial charge is 0.452 e. The maximum absolute atomic E-state index is 12.1. The number of anilines is 1. The minimum atomic E-state index is -1.17. The first-order valence-corrected chi connectivity index (χ1v) is 7.45. The summed E-state index contributed by atoms with van der Waals surface area (Å²) in [5, 5.41) is 1.83. The summed E-state index contributed by atoms with van der Waals surface area (Å²) in [6, 6.07) is 6.35. The fourth-order valence-corrected chi connectivity index (χ4v) is 2.39. The SMILES string of the molecule is Cc1ccc(N2C[C@@H](C(=O)O[C@@H](C)C(=O)NC(N)=O)CC2=O)cc1. The highest BCUT2D eigenvalue weighted by Gasteiger charge is 2.37. The molecule has 1 saturated heterocycles. The van der Waals surface area contributed by atoms with Gasteiger partial charge in [0.05, 0.1) is 5.92 Å². The van der Waals surface area contributed by atoms with E-state index in [9.17, 15) is 19.2 Å². The van der Waals surface area contributed by atoms with E-state index in [1.165, 1.54) is 11.8 Å². The number of ether oxygens (including phenoxy) is 1. The van der Waals surface area contributed by atoms with Gasteiger partial charge in [-0.1, -0.05) is 17.7 Å². The summed E-state index contributed by atoms with van der Waals surface area (Å²) in [6.45, 7) is 3.45. The molecule has 24 heavy (non-hydrogen) atoms. The zero-order chi connectivity index (χ0) is 17.9. The Kier molecular flexibility index (Phi) is 5.18. The van der Waals surface area contributed by atoms with Gasteiger partial charge >= 0.3 is 12.0 Å². The van der Waals surface area contributed by atoms with E-state index in [-0.39, 0.29) is 18.9 Å². The summed E-state index contributed by atoms with van der Waals surface area (Å²) in [5.74, 6) is -2.32. The summed E-state index contributed by atoms with van der Waals surface area (Å²) >= 11 is 0. The van der Waals surface area contributed by atoms with Crippen molar-refractivity contribution in [1.82, 2.24) is 5.32 Å². The van der Waals surface area contributed by atoms with Gasteiger partial charge < -0.3 is 15.4 Å². The maximum Gasteiger partial charge on any atom is 0.318 e. The third-order valence-electron chi connectivity index (χ3n) is 3.71. The summed E-state index contributed by atoms with van der Waals surface area (Å²) < 4.78 is 5.01. The number of carbonyl (C=O) groups is 4. The van der Waals surface area contributed by atoms with Gasteiger partial charge in [0.25, 0.3) is 5.91 Å². The summed E-state index contributed by atoms with van der Waals surface area (Å²) in [6.07, 6.45) is -1.16. The molecular formula is C16H19N3O5. The van der Waals surface area contributed by atoms with Crippen molar-refractivity contribution < 1.29 is 23.9 Å². The highest BCUT2D eigenvalue weighted by Crippen LogP contribution is 2.26. The molecule has 2 atom stereocenters. The van der Waals surface area contributed by atoms with E-state index >= 15 is 0 Å². The predicted molar refractivity (Wildman–Crippen MR) is 84.9 cm³/mol. The van der Waals surface area contributed by atoms with E-state index in [0.29, 0.717) is 5.69 Å². The summed E-state index contributed by atoms with van der Waals surface area (Å²) in [4.78, 5) is 47.9. The van der Waals surface area contributed by atoms with Crippen molar-refractivity contribution in [3.8, 4) is 0 Å². The molecule has 8 heteroatoms. The van der Waals surface area contributed by atoms with Crippen LogP contribution in [0.15, 0.2) is 24.3 Å². The molecule has 0 aromatic heterocycles. The first kappa shape index (κ1) is 17.5. The molecule has 4 amide bonds. The molecule has 0 spiro atoms.